The molecule has 4 N–H and O–H groups in total. The number of nitrogen functional groups attached to an aromatic ring is 2. The van der Waals surface area contributed by atoms with Crippen molar-refractivity contribution in [2.45, 2.75) is 13.8 Å². The average molecular weight is 326 g/mol. The van der Waals surface area contributed by atoms with Crippen LogP contribution in [-0.4, -0.2) is 19.7 Å². The molecule has 9 heteroatoms. The number of hydrogen-bond acceptors (Lipinski definition) is 7. The van der Waals surface area contributed by atoms with E-state index < -0.39 is 0 Å². The zero-order valence-corrected chi connectivity index (χ0v) is 13.1. The van der Waals surface area contributed by atoms with Gasteiger partial charge in [0.1, 0.15) is 5.82 Å². The highest BCUT2D eigenvalue weighted by molar-refractivity contribution is 5.72. The molecule has 3 rings (SSSR count). The summed E-state index contributed by atoms with van der Waals surface area (Å²) >= 11 is 0. The molecule has 0 amide bonds. The van der Waals surface area contributed by atoms with E-state index in [1.54, 1.807) is 0 Å². The fraction of sp³-hybridized carbons (Fsp3) is 0.133. The number of rotatable bonds is 3. The van der Waals surface area contributed by atoms with Gasteiger partial charge >= 0.3 is 0 Å². The van der Waals surface area contributed by atoms with E-state index in [9.17, 15) is 4.39 Å². The van der Waals surface area contributed by atoms with Gasteiger partial charge in [0.15, 0.2) is 17.3 Å². The van der Waals surface area contributed by atoms with Crippen LogP contribution >= 0.6 is 0 Å². The highest BCUT2D eigenvalue weighted by atomic mass is 19.1. The number of anilines is 2. The van der Waals surface area contributed by atoms with Crippen LogP contribution in [0.25, 0.3) is 5.95 Å². The molecule has 0 aliphatic rings. The third-order valence-corrected chi connectivity index (χ3v) is 3.17. The van der Waals surface area contributed by atoms with E-state index in [1.165, 1.54) is 28.9 Å². The van der Waals surface area contributed by atoms with E-state index >= 15 is 0 Å². The van der Waals surface area contributed by atoms with Gasteiger partial charge in [-0.1, -0.05) is 0 Å². The standard InChI is InChI=1S/C15H15FN8/c1-8-7-9(2)20-15(19-8)24-14(18)12(13(17)23-24)22-21-11-5-3-10(16)4-6-11/h3-7H,18H2,1-2H3,(H2,17,23). The zero-order chi connectivity index (χ0) is 17.3. The number of aryl methyl sites for hydroxylation is 2. The van der Waals surface area contributed by atoms with Crippen molar-refractivity contribution in [2.75, 3.05) is 11.5 Å². The smallest absolute Gasteiger partial charge is 0.253 e. The summed E-state index contributed by atoms with van der Waals surface area (Å²) in [5.74, 6) is 0.220. The van der Waals surface area contributed by atoms with Crippen molar-refractivity contribution in [1.82, 2.24) is 19.7 Å². The maximum absolute atomic E-state index is 12.9. The molecular formula is C15H15FN8. The number of aromatic nitrogens is 4. The summed E-state index contributed by atoms with van der Waals surface area (Å²) in [4.78, 5) is 8.57. The lowest BCUT2D eigenvalue weighted by atomic mass is 10.3. The molecule has 0 unspecified atom stereocenters. The number of nitrogens with two attached hydrogens (primary N) is 2. The summed E-state index contributed by atoms with van der Waals surface area (Å²) < 4.78 is 14.2. The van der Waals surface area contributed by atoms with E-state index in [2.05, 4.69) is 25.3 Å². The summed E-state index contributed by atoms with van der Waals surface area (Å²) in [5, 5.41) is 12.1. The largest absolute Gasteiger partial charge is 0.382 e. The SMILES string of the molecule is Cc1cc(C)nc(-n2nc(N)c(N=Nc3ccc(F)cc3)c2N)n1. The third-order valence-electron chi connectivity index (χ3n) is 3.17. The highest BCUT2D eigenvalue weighted by Gasteiger charge is 2.16. The second-order valence-corrected chi connectivity index (χ2v) is 5.16. The molecule has 0 saturated heterocycles. The second-order valence-electron chi connectivity index (χ2n) is 5.16. The maximum Gasteiger partial charge on any atom is 0.253 e. The van der Waals surface area contributed by atoms with Gasteiger partial charge in [-0.25, -0.2) is 14.4 Å². The molecule has 0 bridgehead atoms. The van der Waals surface area contributed by atoms with Crippen LogP contribution in [0.1, 0.15) is 11.4 Å². The lowest BCUT2D eigenvalue weighted by molar-refractivity contribution is 0.628. The Hall–Kier alpha value is -3.36. The summed E-state index contributed by atoms with van der Waals surface area (Å²) in [6.45, 7) is 3.69. The van der Waals surface area contributed by atoms with E-state index in [4.69, 9.17) is 11.5 Å². The summed E-state index contributed by atoms with van der Waals surface area (Å²) in [7, 11) is 0. The van der Waals surface area contributed by atoms with Crippen LogP contribution in [-0.2, 0) is 0 Å². The minimum absolute atomic E-state index is 0.0983. The van der Waals surface area contributed by atoms with Crippen molar-refractivity contribution in [3.8, 4) is 5.95 Å². The summed E-state index contributed by atoms with van der Waals surface area (Å²) in [6, 6.07) is 7.38. The molecule has 8 nitrogen and oxygen atoms in total. The highest BCUT2D eigenvalue weighted by Crippen LogP contribution is 2.31. The number of hydrogen-bond donors (Lipinski definition) is 2. The van der Waals surface area contributed by atoms with Crippen LogP contribution in [0, 0.1) is 19.7 Å². The molecule has 0 aliphatic heterocycles. The van der Waals surface area contributed by atoms with Gasteiger partial charge in [0.25, 0.3) is 5.95 Å². The summed E-state index contributed by atoms with van der Waals surface area (Å²) in [6.07, 6.45) is 0. The van der Waals surface area contributed by atoms with Crippen molar-refractivity contribution in [3.63, 3.8) is 0 Å². The van der Waals surface area contributed by atoms with Gasteiger partial charge in [-0.3, -0.25) is 0 Å². The molecule has 0 radical (unpaired) electrons. The van der Waals surface area contributed by atoms with Crippen LogP contribution in [0.2, 0.25) is 0 Å². The van der Waals surface area contributed by atoms with Crippen LogP contribution in [0.4, 0.5) is 27.4 Å². The molecule has 0 atom stereocenters. The zero-order valence-electron chi connectivity index (χ0n) is 13.1. The Labute approximate surface area is 137 Å². The Morgan fingerprint density at radius 3 is 2.25 bits per heavy atom. The summed E-state index contributed by atoms with van der Waals surface area (Å²) in [5.41, 5.74) is 14.1. The minimum Gasteiger partial charge on any atom is -0.382 e. The Kier molecular flexibility index (Phi) is 3.90. The van der Waals surface area contributed by atoms with Crippen molar-refractivity contribution in [3.05, 3.63) is 47.5 Å². The first-order valence-electron chi connectivity index (χ1n) is 7.08. The van der Waals surface area contributed by atoms with Gasteiger partial charge in [0.05, 0.1) is 5.69 Å². The van der Waals surface area contributed by atoms with E-state index in [0.29, 0.717) is 11.6 Å². The predicted octanol–water partition coefficient (Wildman–Crippen LogP) is 3.00. The fourth-order valence-corrected chi connectivity index (χ4v) is 2.11. The van der Waals surface area contributed by atoms with Crippen LogP contribution in [0.15, 0.2) is 40.6 Å². The Balaban J connectivity index is 1.98. The van der Waals surface area contributed by atoms with Gasteiger partial charge in [-0.05, 0) is 44.2 Å². The molecule has 122 valence electrons. The second kappa shape index (κ2) is 6.03. The number of nitrogens with zero attached hydrogens (tertiary/aromatic N) is 6. The fourth-order valence-electron chi connectivity index (χ4n) is 2.11. The van der Waals surface area contributed by atoms with E-state index in [0.717, 1.165) is 11.4 Å². The third kappa shape index (κ3) is 3.05. The lowest BCUT2D eigenvalue weighted by Gasteiger charge is -2.04. The molecule has 0 spiro atoms. The van der Waals surface area contributed by atoms with Crippen molar-refractivity contribution < 1.29 is 4.39 Å². The average Bonchev–Trinajstić information content (AvgIpc) is 2.81. The van der Waals surface area contributed by atoms with Crippen molar-refractivity contribution >= 4 is 23.0 Å². The first kappa shape index (κ1) is 15.5. The molecule has 0 aliphatic carbocycles. The Morgan fingerprint density at radius 1 is 1.00 bits per heavy atom. The molecule has 2 heterocycles. The molecular weight excluding hydrogens is 311 g/mol. The van der Waals surface area contributed by atoms with Gasteiger partial charge in [0, 0.05) is 11.4 Å². The molecule has 0 saturated carbocycles. The predicted molar refractivity (Wildman–Crippen MR) is 88.0 cm³/mol. The first-order chi connectivity index (χ1) is 11.4. The van der Waals surface area contributed by atoms with E-state index in [-0.39, 0.29) is 23.1 Å². The molecule has 2 aromatic heterocycles. The van der Waals surface area contributed by atoms with Crippen LogP contribution in [0.3, 0.4) is 0 Å². The molecule has 1 aromatic carbocycles. The Morgan fingerprint density at radius 2 is 1.62 bits per heavy atom. The van der Waals surface area contributed by atoms with Crippen molar-refractivity contribution in [2.24, 2.45) is 10.2 Å². The molecule has 3 aromatic rings. The maximum atomic E-state index is 12.9. The monoisotopic (exact) mass is 326 g/mol. The van der Waals surface area contributed by atoms with Gasteiger partial charge in [-0.15, -0.1) is 10.2 Å². The van der Waals surface area contributed by atoms with Crippen molar-refractivity contribution in [1.29, 1.82) is 0 Å². The number of halogens is 1. The van der Waals surface area contributed by atoms with E-state index in [1.807, 2.05) is 19.9 Å². The quantitative estimate of drug-likeness (QED) is 0.717. The van der Waals surface area contributed by atoms with Crippen LogP contribution in [0.5, 0.6) is 0 Å². The van der Waals surface area contributed by atoms with Gasteiger partial charge < -0.3 is 11.5 Å². The normalized spacial score (nSPS) is 11.3. The molecule has 0 fully saturated rings. The lowest BCUT2D eigenvalue weighted by Crippen LogP contribution is -2.08. The Bertz CT molecular complexity index is 894. The topological polar surface area (TPSA) is 120 Å². The number of azo groups is 1. The van der Waals surface area contributed by atoms with Crippen LogP contribution < -0.4 is 11.5 Å². The molecule has 24 heavy (non-hydrogen) atoms. The number of benzene rings is 1. The van der Waals surface area contributed by atoms with Gasteiger partial charge in [0.2, 0.25) is 0 Å². The minimum atomic E-state index is -0.354. The van der Waals surface area contributed by atoms with Gasteiger partial charge in [-0.2, -0.15) is 9.80 Å². The first-order valence-corrected chi connectivity index (χ1v) is 7.08.